The molecule has 0 spiro atoms. The number of nitrogens with one attached hydrogen (secondary N) is 2. The van der Waals surface area contributed by atoms with Crippen molar-refractivity contribution in [3.8, 4) is 11.5 Å². The van der Waals surface area contributed by atoms with Gasteiger partial charge in [-0.3, -0.25) is 9.89 Å². The van der Waals surface area contributed by atoms with E-state index in [9.17, 15) is 4.79 Å². The molecule has 4 rings (SSSR count). The van der Waals surface area contributed by atoms with Crippen molar-refractivity contribution in [2.24, 2.45) is 0 Å². The van der Waals surface area contributed by atoms with E-state index in [0.29, 0.717) is 17.1 Å². The molecule has 0 radical (unpaired) electrons. The van der Waals surface area contributed by atoms with Gasteiger partial charge in [0.25, 0.3) is 5.91 Å². The molecule has 128 valence electrons. The predicted octanol–water partition coefficient (Wildman–Crippen LogP) is 3.83. The molecule has 3 aromatic rings. The maximum atomic E-state index is 12.6. The van der Waals surface area contributed by atoms with Gasteiger partial charge in [0.15, 0.2) is 11.5 Å². The number of carbonyl (C=O) groups is 1. The summed E-state index contributed by atoms with van der Waals surface area (Å²) in [4.78, 5) is 14.9. The predicted molar refractivity (Wildman–Crippen MR) is 96.9 cm³/mol. The normalized spacial score (nSPS) is 14.0. The lowest BCUT2D eigenvalue weighted by molar-refractivity contribution is 0.102. The number of rotatable bonds is 4. The van der Waals surface area contributed by atoms with E-state index < -0.39 is 0 Å². The molecule has 2 N–H and O–H groups in total. The zero-order valence-electron chi connectivity index (χ0n) is 14.1. The van der Waals surface area contributed by atoms with E-state index in [2.05, 4.69) is 20.4 Å². The second kappa shape index (κ2) is 6.47. The minimum atomic E-state index is -0.238. The third-order valence-corrected chi connectivity index (χ3v) is 4.42. The first-order chi connectivity index (χ1) is 12.2. The van der Waals surface area contributed by atoms with Gasteiger partial charge in [0.2, 0.25) is 0 Å². The molecular formula is C19H20N4O2. The van der Waals surface area contributed by atoms with Crippen LogP contribution in [0.3, 0.4) is 0 Å². The quantitative estimate of drug-likeness (QED) is 0.759. The molecule has 25 heavy (non-hydrogen) atoms. The van der Waals surface area contributed by atoms with Gasteiger partial charge in [-0.2, -0.15) is 5.10 Å². The van der Waals surface area contributed by atoms with Gasteiger partial charge in [-0.25, -0.2) is 0 Å². The Hall–Kier alpha value is -3.02. The third-order valence-electron chi connectivity index (χ3n) is 4.42. The van der Waals surface area contributed by atoms with Crippen molar-refractivity contribution in [3.63, 3.8) is 0 Å². The highest BCUT2D eigenvalue weighted by molar-refractivity contribution is 6.05. The van der Waals surface area contributed by atoms with Gasteiger partial charge >= 0.3 is 0 Å². The Bertz CT molecular complexity index is 890. The van der Waals surface area contributed by atoms with E-state index in [1.165, 1.54) is 12.8 Å². The zero-order valence-corrected chi connectivity index (χ0v) is 14.1. The third kappa shape index (κ3) is 3.15. The standard InChI is InChI=1S/C19H20N4O2/c1-13-8-9-18(25-13)15-12-16(22-21-15)19(24)20-14-6-2-3-7-17(14)23-10-4-5-11-23/h2-3,6-9,12H,4-5,10-11H2,1H3,(H,20,24)(H,21,22). The number of aromatic amines is 1. The van der Waals surface area contributed by atoms with Crippen LogP contribution in [0.15, 0.2) is 46.9 Å². The fourth-order valence-corrected chi connectivity index (χ4v) is 3.14. The van der Waals surface area contributed by atoms with Gasteiger partial charge in [0.1, 0.15) is 11.5 Å². The fraction of sp³-hybridized carbons (Fsp3) is 0.263. The van der Waals surface area contributed by atoms with E-state index in [-0.39, 0.29) is 5.91 Å². The topological polar surface area (TPSA) is 74.2 Å². The van der Waals surface area contributed by atoms with Gasteiger partial charge in [0, 0.05) is 19.2 Å². The molecule has 0 unspecified atom stereocenters. The average Bonchev–Trinajstić information content (AvgIpc) is 3.36. The molecule has 1 aliphatic heterocycles. The highest BCUT2D eigenvalue weighted by Crippen LogP contribution is 2.29. The molecule has 0 atom stereocenters. The number of anilines is 2. The van der Waals surface area contributed by atoms with Crippen molar-refractivity contribution in [1.82, 2.24) is 10.2 Å². The van der Waals surface area contributed by atoms with E-state index in [1.54, 1.807) is 6.07 Å². The van der Waals surface area contributed by atoms with Crippen LogP contribution in [0.2, 0.25) is 0 Å². The molecule has 0 aliphatic carbocycles. The molecule has 1 fully saturated rings. The number of benzene rings is 1. The summed E-state index contributed by atoms with van der Waals surface area (Å²) in [6.07, 6.45) is 2.38. The molecule has 1 aromatic carbocycles. The Morgan fingerprint density at radius 1 is 1.20 bits per heavy atom. The summed E-state index contributed by atoms with van der Waals surface area (Å²) in [5.41, 5.74) is 2.89. The van der Waals surface area contributed by atoms with Crippen molar-refractivity contribution in [2.45, 2.75) is 19.8 Å². The van der Waals surface area contributed by atoms with E-state index in [0.717, 1.165) is 30.2 Å². The maximum Gasteiger partial charge on any atom is 0.276 e. The van der Waals surface area contributed by atoms with Crippen molar-refractivity contribution in [3.05, 3.63) is 53.9 Å². The molecule has 1 amide bonds. The number of hydrogen-bond donors (Lipinski definition) is 2. The molecule has 1 saturated heterocycles. The van der Waals surface area contributed by atoms with Crippen molar-refractivity contribution >= 4 is 17.3 Å². The molecule has 6 heteroatoms. The molecule has 0 bridgehead atoms. The van der Waals surface area contributed by atoms with Crippen molar-refractivity contribution in [2.75, 3.05) is 23.3 Å². The molecular weight excluding hydrogens is 316 g/mol. The number of carbonyl (C=O) groups excluding carboxylic acids is 1. The molecule has 6 nitrogen and oxygen atoms in total. The van der Waals surface area contributed by atoms with Crippen LogP contribution in [0, 0.1) is 6.92 Å². The molecule has 0 saturated carbocycles. The lowest BCUT2D eigenvalue weighted by atomic mass is 10.2. The van der Waals surface area contributed by atoms with Crippen LogP contribution in [0.25, 0.3) is 11.5 Å². The zero-order chi connectivity index (χ0) is 17.2. The summed E-state index contributed by atoms with van der Waals surface area (Å²) >= 11 is 0. The average molecular weight is 336 g/mol. The van der Waals surface area contributed by atoms with Crippen LogP contribution in [-0.4, -0.2) is 29.2 Å². The van der Waals surface area contributed by atoms with Crippen LogP contribution in [0.4, 0.5) is 11.4 Å². The van der Waals surface area contributed by atoms with Gasteiger partial charge < -0.3 is 14.6 Å². The summed E-state index contributed by atoms with van der Waals surface area (Å²) < 4.78 is 5.56. The second-order valence-corrected chi connectivity index (χ2v) is 6.24. The van der Waals surface area contributed by atoms with Crippen molar-refractivity contribution in [1.29, 1.82) is 0 Å². The number of nitrogens with zero attached hydrogens (tertiary/aromatic N) is 2. The molecule has 2 aromatic heterocycles. The first kappa shape index (κ1) is 15.5. The summed E-state index contributed by atoms with van der Waals surface area (Å²) in [6.45, 7) is 3.93. The Morgan fingerprint density at radius 2 is 2.00 bits per heavy atom. The second-order valence-electron chi connectivity index (χ2n) is 6.24. The largest absolute Gasteiger partial charge is 0.460 e. The minimum absolute atomic E-state index is 0.238. The SMILES string of the molecule is Cc1ccc(-c2cc(C(=O)Nc3ccccc3N3CCCC3)n[nH]2)o1. The number of aromatic nitrogens is 2. The highest BCUT2D eigenvalue weighted by Gasteiger charge is 2.18. The smallest absolute Gasteiger partial charge is 0.276 e. The van der Waals surface area contributed by atoms with Crippen LogP contribution in [-0.2, 0) is 0 Å². The Kier molecular flexibility index (Phi) is 4.01. The number of amides is 1. The monoisotopic (exact) mass is 336 g/mol. The minimum Gasteiger partial charge on any atom is -0.460 e. The number of aryl methyl sites for hydroxylation is 1. The Balaban J connectivity index is 1.54. The summed E-state index contributed by atoms with van der Waals surface area (Å²) in [5.74, 6) is 1.24. The van der Waals surface area contributed by atoms with Crippen molar-refractivity contribution < 1.29 is 9.21 Å². The molecule has 3 heterocycles. The summed E-state index contributed by atoms with van der Waals surface area (Å²) in [7, 11) is 0. The summed E-state index contributed by atoms with van der Waals surface area (Å²) in [5, 5.41) is 9.95. The van der Waals surface area contributed by atoms with Crippen LogP contribution >= 0.6 is 0 Å². The maximum absolute atomic E-state index is 12.6. The van der Waals surface area contributed by atoms with Crippen LogP contribution < -0.4 is 10.2 Å². The number of hydrogen-bond acceptors (Lipinski definition) is 4. The van der Waals surface area contributed by atoms with Gasteiger partial charge in [-0.05, 0) is 44.0 Å². The van der Waals surface area contributed by atoms with Gasteiger partial charge in [-0.1, -0.05) is 12.1 Å². The van der Waals surface area contributed by atoms with E-state index in [1.807, 2.05) is 43.3 Å². The van der Waals surface area contributed by atoms with Crippen LogP contribution in [0.5, 0.6) is 0 Å². The Morgan fingerprint density at radius 3 is 2.76 bits per heavy atom. The number of furan rings is 1. The van der Waals surface area contributed by atoms with Crippen LogP contribution in [0.1, 0.15) is 29.1 Å². The molecule has 1 aliphatic rings. The highest BCUT2D eigenvalue weighted by atomic mass is 16.3. The summed E-state index contributed by atoms with van der Waals surface area (Å²) in [6, 6.07) is 13.3. The first-order valence-electron chi connectivity index (χ1n) is 8.48. The first-order valence-corrected chi connectivity index (χ1v) is 8.48. The van der Waals surface area contributed by atoms with E-state index >= 15 is 0 Å². The number of H-pyrrole nitrogens is 1. The van der Waals surface area contributed by atoms with Gasteiger partial charge in [-0.15, -0.1) is 0 Å². The van der Waals surface area contributed by atoms with Gasteiger partial charge in [0.05, 0.1) is 11.4 Å². The number of para-hydroxylation sites is 2. The lowest BCUT2D eigenvalue weighted by Gasteiger charge is -2.21. The Labute approximate surface area is 145 Å². The fourth-order valence-electron chi connectivity index (χ4n) is 3.14. The lowest BCUT2D eigenvalue weighted by Crippen LogP contribution is -2.21. The van der Waals surface area contributed by atoms with E-state index in [4.69, 9.17) is 4.42 Å².